The van der Waals surface area contributed by atoms with Gasteiger partial charge in [0, 0.05) is 5.54 Å². The highest BCUT2D eigenvalue weighted by atomic mass is 16.5. The highest BCUT2D eigenvalue weighted by molar-refractivity contribution is 5.32. The molecule has 0 aliphatic heterocycles. The van der Waals surface area contributed by atoms with E-state index < -0.39 is 0 Å². The summed E-state index contributed by atoms with van der Waals surface area (Å²) < 4.78 is 5.65. The lowest BCUT2D eigenvalue weighted by molar-refractivity contribution is 0.298. The summed E-state index contributed by atoms with van der Waals surface area (Å²) in [5.74, 6) is 0.952. The molecule has 1 aromatic carbocycles. The van der Waals surface area contributed by atoms with Crippen molar-refractivity contribution in [2.75, 3.05) is 6.61 Å². The molecule has 2 N–H and O–H groups in total. The number of hydrogen-bond acceptors (Lipinski definition) is 2. The van der Waals surface area contributed by atoms with Crippen molar-refractivity contribution in [3.05, 3.63) is 29.8 Å². The molecule has 2 nitrogen and oxygen atoms in total. The van der Waals surface area contributed by atoms with Crippen LogP contribution in [0.4, 0.5) is 0 Å². The highest BCUT2D eigenvalue weighted by Gasteiger charge is 2.33. The molecule has 1 unspecified atom stereocenters. The van der Waals surface area contributed by atoms with E-state index in [1.165, 1.54) is 24.8 Å². The largest absolute Gasteiger partial charge is 0.494 e. The van der Waals surface area contributed by atoms with E-state index in [0.29, 0.717) is 5.41 Å². The molecular weight excluding hydrogens is 246 g/mol. The second kappa shape index (κ2) is 6.17. The summed E-state index contributed by atoms with van der Waals surface area (Å²) in [4.78, 5) is 0. The Balaban J connectivity index is 2.09. The standard InChI is InChI=1S/C18H29NO/c1-4-14-20-16-8-6-15(7-9-16)18(19)11-5-10-17(2,3)12-13-18/h6-9H,4-5,10-14,19H2,1-3H3. The van der Waals surface area contributed by atoms with Gasteiger partial charge in [0.2, 0.25) is 0 Å². The Morgan fingerprint density at radius 1 is 1.05 bits per heavy atom. The Hall–Kier alpha value is -1.02. The van der Waals surface area contributed by atoms with E-state index in [4.69, 9.17) is 10.5 Å². The second-order valence-electron chi connectivity index (χ2n) is 7.05. The monoisotopic (exact) mass is 275 g/mol. The van der Waals surface area contributed by atoms with Crippen LogP contribution < -0.4 is 10.5 Å². The third-order valence-electron chi connectivity index (χ3n) is 4.63. The minimum Gasteiger partial charge on any atom is -0.494 e. The Bertz CT molecular complexity index is 424. The molecule has 0 aromatic heterocycles. The minimum atomic E-state index is -0.156. The van der Waals surface area contributed by atoms with Crippen LogP contribution in [0.5, 0.6) is 5.75 Å². The van der Waals surface area contributed by atoms with Crippen molar-refractivity contribution in [2.45, 2.75) is 64.8 Å². The first kappa shape index (κ1) is 15.4. The number of nitrogens with two attached hydrogens (primary N) is 1. The molecule has 112 valence electrons. The lowest BCUT2D eigenvalue weighted by Gasteiger charge is -2.30. The maximum absolute atomic E-state index is 6.71. The maximum Gasteiger partial charge on any atom is 0.119 e. The zero-order valence-corrected chi connectivity index (χ0v) is 13.2. The van der Waals surface area contributed by atoms with Crippen LogP contribution in [0.25, 0.3) is 0 Å². The normalized spacial score (nSPS) is 26.0. The first-order chi connectivity index (χ1) is 9.45. The molecule has 1 atom stereocenters. The van der Waals surface area contributed by atoms with Crippen molar-refractivity contribution < 1.29 is 4.74 Å². The van der Waals surface area contributed by atoms with Crippen molar-refractivity contribution in [1.82, 2.24) is 0 Å². The van der Waals surface area contributed by atoms with Gasteiger partial charge >= 0.3 is 0 Å². The molecule has 1 aliphatic rings. The van der Waals surface area contributed by atoms with E-state index in [2.05, 4.69) is 45.0 Å². The van der Waals surface area contributed by atoms with Gasteiger partial charge in [0.05, 0.1) is 6.61 Å². The summed E-state index contributed by atoms with van der Waals surface area (Å²) in [5.41, 5.74) is 8.25. The summed E-state index contributed by atoms with van der Waals surface area (Å²) in [7, 11) is 0. The summed E-state index contributed by atoms with van der Waals surface area (Å²) in [6.07, 6.45) is 6.91. The van der Waals surface area contributed by atoms with Gasteiger partial charge in [-0.3, -0.25) is 0 Å². The fourth-order valence-electron chi connectivity index (χ4n) is 3.09. The van der Waals surface area contributed by atoms with E-state index in [-0.39, 0.29) is 5.54 Å². The summed E-state index contributed by atoms with van der Waals surface area (Å²) >= 11 is 0. The Labute approximate surface area is 123 Å². The zero-order chi connectivity index (χ0) is 14.6. The van der Waals surface area contributed by atoms with E-state index in [0.717, 1.165) is 31.6 Å². The van der Waals surface area contributed by atoms with Gasteiger partial charge in [0.15, 0.2) is 0 Å². The van der Waals surface area contributed by atoms with Gasteiger partial charge < -0.3 is 10.5 Å². The lowest BCUT2D eigenvalue weighted by Crippen LogP contribution is -2.36. The average molecular weight is 275 g/mol. The van der Waals surface area contributed by atoms with Crippen molar-refractivity contribution in [3.63, 3.8) is 0 Å². The Morgan fingerprint density at radius 2 is 1.75 bits per heavy atom. The van der Waals surface area contributed by atoms with Gasteiger partial charge in [-0.2, -0.15) is 0 Å². The van der Waals surface area contributed by atoms with Gasteiger partial charge in [-0.25, -0.2) is 0 Å². The maximum atomic E-state index is 6.71. The van der Waals surface area contributed by atoms with Crippen LogP contribution in [0.2, 0.25) is 0 Å². The van der Waals surface area contributed by atoms with E-state index >= 15 is 0 Å². The van der Waals surface area contributed by atoms with Gasteiger partial charge in [-0.05, 0) is 55.2 Å². The van der Waals surface area contributed by atoms with Crippen LogP contribution in [0, 0.1) is 5.41 Å². The van der Waals surface area contributed by atoms with Crippen LogP contribution in [-0.4, -0.2) is 6.61 Å². The molecule has 0 spiro atoms. The van der Waals surface area contributed by atoms with Crippen LogP contribution in [0.3, 0.4) is 0 Å². The molecule has 0 bridgehead atoms. The third-order valence-corrected chi connectivity index (χ3v) is 4.63. The molecular formula is C18H29NO. The van der Waals surface area contributed by atoms with Crippen molar-refractivity contribution in [3.8, 4) is 5.75 Å². The fourth-order valence-corrected chi connectivity index (χ4v) is 3.09. The van der Waals surface area contributed by atoms with Gasteiger partial charge in [-0.1, -0.05) is 39.3 Å². The van der Waals surface area contributed by atoms with E-state index in [1.54, 1.807) is 0 Å². The van der Waals surface area contributed by atoms with Gasteiger partial charge in [0.25, 0.3) is 0 Å². The van der Waals surface area contributed by atoms with Crippen molar-refractivity contribution in [1.29, 1.82) is 0 Å². The predicted molar refractivity (Wildman–Crippen MR) is 85.0 cm³/mol. The lowest BCUT2D eigenvalue weighted by atomic mass is 9.81. The fraction of sp³-hybridized carbons (Fsp3) is 0.667. The molecule has 0 heterocycles. The van der Waals surface area contributed by atoms with Crippen LogP contribution in [0.1, 0.15) is 64.9 Å². The molecule has 0 amide bonds. The first-order valence-corrected chi connectivity index (χ1v) is 7.97. The van der Waals surface area contributed by atoms with E-state index in [9.17, 15) is 0 Å². The Kier molecular flexibility index (Phi) is 4.74. The topological polar surface area (TPSA) is 35.2 Å². The smallest absolute Gasteiger partial charge is 0.119 e. The zero-order valence-electron chi connectivity index (χ0n) is 13.2. The van der Waals surface area contributed by atoms with Crippen LogP contribution in [-0.2, 0) is 5.54 Å². The van der Waals surface area contributed by atoms with Crippen molar-refractivity contribution >= 4 is 0 Å². The second-order valence-corrected chi connectivity index (χ2v) is 7.05. The molecule has 20 heavy (non-hydrogen) atoms. The molecule has 0 radical (unpaired) electrons. The summed E-state index contributed by atoms with van der Waals surface area (Å²) in [5, 5.41) is 0. The third kappa shape index (κ3) is 3.76. The van der Waals surface area contributed by atoms with Crippen molar-refractivity contribution in [2.24, 2.45) is 11.1 Å². The molecule has 1 aromatic rings. The predicted octanol–water partition coefficient (Wildman–Crippen LogP) is 4.62. The number of hydrogen-bond donors (Lipinski definition) is 1. The molecule has 1 aliphatic carbocycles. The quantitative estimate of drug-likeness (QED) is 0.814. The first-order valence-electron chi connectivity index (χ1n) is 7.97. The van der Waals surface area contributed by atoms with E-state index in [1.807, 2.05) is 0 Å². The number of ether oxygens (including phenoxy) is 1. The SMILES string of the molecule is CCCOc1ccc(C2(N)CCCC(C)(C)CC2)cc1. The molecule has 2 rings (SSSR count). The van der Waals surface area contributed by atoms with Crippen LogP contribution in [0.15, 0.2) is 24.3 Å². The Morgan fingerprint density at radius 3 is 2.40 bits per heavy atom. The van der Waals surface area contributed by atoms with Gasteiger partial charge in [-0.15, -0.1) is 0 Å². The molecule has 1 fully saturated rings. The molecule has 1 saturated carbocycles. The van der Waals surface area contributed by atoms with Gasteiger partial charge in [0.1, 0.15) is 5.75 Å². The summed E-state index contributed by atoms with van der Waals surface area (Å²) in [6, 6.07) is 8.44. The highest BCUT2D eigenvalue weighted by Crippen LogP contribution is 2.41. The molecule has 2 heteroatoms. The number of rotatable bonds is 4. The summed E-state index contributed by atoms with van der Waals surface area (Å²) in [6.45, 7) is 7.62. The minimum absolute atomic E-state index is 0.156. The molecule has 0 saturated heterocycles. The van der Waals surface area contributed by atoms with Crippen LogP contribution >= 0.6 is 0 Å². The average Bonchev–Trinajstić information content (AvgIpc) is 2.57. The number of benzene rings is 1.